The molecule has 0 spiro atoms. The molecule has 5 nitrogen and oxygen atoms in total. The second-order valence-corrected chi connectivity index (χ2v) is 6.24. The van der Waals surface area contributed by atoms with Crippen molar-refractivity contribution in [2.45, 2.75) is 58.2 Å². The maximum atomic E-state index is 12.6. The molecule has 0 saturated carbocycles. The van der Waals surface area contributed by atoms with Crippen LogP contribution in [0, 0.1) is 5.92 Å². The highest BCUT2D eigenvalue weighted by Crippen LogP contribution is 2.33. The van der Waals surface area contributed by atoms with Crippen LogP contribution in [0.5, 0.6) is 0 Å². The van der Waals surface area contributed by atoms with Crippen molar-refractivity contribution in [3.63, 3.8) is 0 Å². The number of ether oxygens (including phenoxy) is 1. The molecule has 0 aliphatic carbocycles. The third kappa shape index (κ3) is 2.48. The van der Waals surface area contributed by atoms with Crippen molar-refractivity contribution in [1.29, 1.82) is 0 Å². The van der Waals surface area contributed by atoms with Crippen LogP contribution in [-0.4, -0.2) is 47.6 Å². The summed E-state index contributed by atoms with van der Waals surface area (Å²) in [6.45, 7) is 9.12. The molecule has 2 heterocycles. The number of rotatable bonds is 2. The van der Waals surface area contributed by atoms with Gasteiger partial charge in [0.15, 0.2) is 0 Å². The Labute approximate surface area is 114 Å². The number of amides is 2. The number of piperazine rings is 1. The average Bonchev–Trinajstić information content (AvgIpc) is 2.33. The van der Waals surface area contributed by atoms with Crippen molar-refractivity contribution >= 4 is 11.8 Å². The minimum absolute atomic E-state index is 0.0303. The molecular weight excluding hydrogens is 244 g/mol. The number of carbonyl (C=O) groups is 2. The third-order valence-electron chi connectivity index (χ3n) is 4.30. The predicted molar refractivity (Wildman–Crippen MR) is 71.5 cm³/mol. The SMILES string of the molecule is CC1NC(=O)C(C(C)C)N(C2(C)CCOCC2)C1=O. The lowest BCUT2D eigenvalue weighted by molar-refractivity contribution is -0.162. The first-order valence-corrected chi connectivity index (χ1v) is 7.08. The first-order valence-electron chi connectivity index (χ1n) is 7.08. The summed E-state index contributed by atoms with van der Waals surface area (Å²) < 4.78 is 5.40. The van der Waals surface area contributed by atoms with Gasteiger partial charge < -0.3 is 15.0 Å². The molecule has 0 aromatic carbocycles. The third-order valence-corrected chi connectivity index (χ3v) is 4.30. The van der Waals surface area contributed by atoms with E-state index in [4.69, 9.17) is 4.74 Å². The van der Waals surface area contributed by atoms with Crippen LogP contribution in [0.3, 0.4) is 0 Å². The summed E-state index contributed by atoms with van der Waals surface area (Å²) in [5, 5.41) is 2.79. The van der Waals surface area contributed by atoms with Gasteiger partial charge in [0.25, 0.3) is 0 Å². The van der Waals surface area contributed by atoms with Crippen LogP contribution in [0.1, 0.15) is 40.5 Å². The van der Waals surface area contributed by atoms with E-state index in [2.05, 4.69) is 12.2 Å². The van der Waals surface area contributed by atoms with Crippen molar-refractivity contribution < 1.29 is 14.3 Å². The number of nitrogens with zero attached hydrogens (tertiary/aromatic N) is 1. The van der Waals surface area contributed by atoms with E-state index in [1.54, 1.807) is 6.92 Å². The van der Waals surface area contributed by atoms with E-state index in [0.29, 0.717) is 13.2 Å². The van der Waals surface area contributed by atoms with Gasteiger partial charge in [0.1, 0.15) is 12.1 Å². The molecule has 2 aliphatic rings. The summed E-state index contributed by atoms with van der Waals surface area (Å²) in [4.78, 5) is 26.6. The minimum atomic E-state index is -0.429. The first kappa shape index (κ1) is 14.3. The van der Waals surface area contributed by atoms with E-state index < -0.39 is 6.04 Å². The van der Waals surface area contributed by atoms with Crippen molar-refractivity contribution in [2.75, 3.05) is 13.2 Å². The van der Waals surface area contributed by atoms with Gasteiger partial charge in [0, 0.05) is 18.8 Å². The largest absolute Gasteiger partial charge is 0.381 e. The predicted octanol–water partition coefficient (Wildman–Crippen LogP) is 0.927. The molecular formula is C14H24N2O3. The molecule has 0 bridgehead atoms. The second kappa shape index (κ2) is 5.12. The quantitative estimate of drug-likeness (QED) is 0.810. The van der Waals surface area contributed by atoms with E-state index in [9.17, 15) is 9.59 Å². The Hall–Kier alpha value is -1.10. The minimum Gasteiger partial charge on any atom is -0.381 e. The number of carbonyl (C=O) groups excluding carboxylic acids is 2. The number of hydrogen-bond acceptors (Lipinski definition) is 3. The molecule has 1 N–H and O–H groups in total. The van der Waals surface area contributed by atoms with Gasteiger partial charge >= 0.3 is 0 Å². The molecule has 0 aromatic heterocycles. The molecule has 5 heteroatoms. The van der Waals surface area contributed by atoms with Crippen LogP contribution in [0.2, 0.25) is 0 Å². The maximum absolute atomic E-state index is 12.6. The summed E-state index contributed by atoms with van der Waals surface area (Å²) >= 11 is 0. The van der Waals surface area contributed by atoms with Crippen molar-refractivity contribution in [3.05, 3.63) is 0 Å². The van der Waals surface area contributed by atoms with Gasteiger partial charge in [-0.25, -0.2) is 0 Å². The zero-order valence-electron chi connectivity index (χ0n) is 12.2. The fourth-order valence-corrected chi connectivity index (χ4v) is 3.08. The van der Waals surface area contributed by atoms with E-state index in [-0.39, 0.29) is 29.3 Å². The van der Waals surface area contributed by atoms with Crippen LogP contribution >= 0.6 is 0 Å². The van der Waals surface area contributed by atoms with E-state index in [1.165, 1.54) is 0 Å². The Balaban J connectivity index is 2.35. The second-order valence-electron chi connectivity index (χ2n) is 6.24. The Morgan fingerprint density at radius 1 is 1.32 bits per heavy atom. The highest BCUT2D eigenvalue weighted by molar-refractivity contribution is 5.97. The van der Waals surface area contributed by atoms with Crippen LogP contribution in [0.4, 0.5) is 0 Å². The molecule has 2 atom stereocenters. The Kier molecular flexibility index (Phi) is 3.85. The van der Waals surface area contributed by atoms with Gasteiger partial charge in [-0.1, -0.05) is 13.8 Å². The molecule has 0 aromatic rings. The molecule has 2 unspecified atom stereocenters. The highest BCUT2D eigenvalue weighted by atomic mass is 16.5. The summed E-state index contributed by atoms with van der Waals surface area (Å²) in [6.07, 6.45) is 1.59. The van der Waals surface area contributed by atoms with E-state index in [1.807, 2.05) is 18.7 Å². The van der Waals surface area contributed by atoms with Gasteiger partial charge in [-0.05, 0) is 32.6 Å². The van der Waals surface area contributed by atoms with Gasteiger partial charge in [0.05, 0.1) is 0 Å². The first-order chi connectivity index (χ1) is 8.87. The zero-order chi connectivity index (χ0) is 14.2. The Bertz CT molecular complexity index is 375. The summed E-state index contributed by atoms with van der Waals surface area (Å²) in [7, 11) is 0. The van der Waals surface area contributed by atoms with Gasteiger partial charge in [-0.2, -0.15) is 0 Å². The number of hydrogen-bond donors (Lipinski definition) is 1. The molecule has 2 fully saturated rings. The van der Waals surface area contributed by atoms with Crippen molar-refractivity contribution in [3.8, 4) is 0 Å². The van der Waals surface area contributed by atoms with Gasteiger partial charge in [-0.15, -0.1) is 0 Å². The highest BCUT2D eigenvalue weighted by Gasteiger charge is 2.48. The van der Waals surface area contributed by atoms with Crippen LogP contribution in [-0.2, 0) is 14.3 Å². The van der Waals surface area contributed by atoms with Crippen LogP contribution in [0.25, 0.3) is 0 Å². The van der Waals surface area contributed by atoms with E-state index in [0.717, 1.165) is 12.8 Å². The van der Waals surface area contributed by atoms with Crippen LogP contribution < -0.4 is 5.32 Å². The van der Waals surface area contributed by atoms with Gasteiger partial charge in [-0.3, -0.25) is 9.59 Å². The fraction of sp³-hybridized carbons (Fsp3) is 0.857. The standard InChI is InChI=1S/C14H24N2O3/c1-9(2)11-12(17)15-10(3)13(18)16(11)14(4)5-7-19-8-6-14/h9-11H,5-8H2,1-4H3,(H,15,17). The lowest BCUT2D eigenvalue weighted by Gasteiger charge is -2.51. The Morgan fingerprint density at radius 3 is 2.42 bits per heavy atom. The van der Waals surface area contributed by atoms with Crippen molar-refractivity contribution in [2.24, 2.45) is 5.92 Å². The Morgan fingerprint density at radius 2 is 1.89 bits per heavy atom. The fourth-order valence-electron chi connectivity index (χ4n) is 3.08. The normalized spacial score (nSPS) is 31.5. The molecule has 108 valence electrons. The summed E-state index contributed by atoms with van der Waals surface area (Å²) in [6, 6.07) is -0.797. The molecule has 2 saturated heterocycles. The smallest absolute Gasteiger partial charge is 0.246 e. The molecule has 19 heavy (non-hydrogen) atoms. The molecule has 2 amide bonds. The molecule has 2 rings (SSSR count). The van der Waals surface area contributed by atoms with Crippen molar-refractivity contribution in [1.82, 2.24) is 10.2 Å². The maximum Gasteiger partial charge on any atom is 0.246 e. The molecule has 0 radical (unpaired) electrons. The van der Waals surface area contributed by atoms with Gasteiger partial charge in [0.2, 0.25) is 11.8 Å². The average molecular weight is 268 g/mol. The lowest BCUT2D eigenvalue weighted by Crippen LogP contribution is -2.70. The topological polar surface area (TPSA) is 58.6 Å². The lowest BCUT2D eigenvalue weighted by atomic mass is 9.84. The zero-order valence-corrected chi connectivity index (χ0v) is 12.2. The van der Waals surface area contributed by atoms with E-state index >= 15 is 0 Å². The summed E-state index contributed by atoms with van der Waals surface area (Å²) in [5.74, 6) is 0.105. The molecule has 2 aliphatic heterocycles. The summed E-state index contributed by atoms with van der Waals surface area (Å²) in [5.41, 5.74) is -0.268. The number of nitrogens with one attached hydrogen (secondary N) is 1. The van der Waals surface area contributed by atoms with Crippen LogP contribution in [0.15, 0.2) is 0 Å². The monoisotopic (exact) mass is 268 g/mol.